The van der Waals surface area contributed by atoms with Crippen LogP contribution >= 0.6 is 0 Å². The maximum absolute atomic E-state index is 11.9. The third kappa shape index (κ3) is 4.62. The van der Waals surface area contributed by atoms with Gasteiger partial charge in [-0.05, 0) is 36.2 Å². The Hall–Kier alpha value is -2.76. The minimum Gasteiger partial charge on any atom is -0.493 e. The number of ether oxygens (including phenoxy) is 2. The average Bonchev–Trinajstić information content (AvgIpc) is 3.07. The SMILES string of the molecule is COc1ccc(CCNC(=O)CCn2cccc2C=O)cc1OC. The molecule has 128 valence electrons. The molecule has 0 fully saturated rings. The molecule has 0 aliphatic rings. The molecule has 0 aliphatic carbocycles. The van der Waals surface area contributed by atoms with Crippen LogP contribution in [-0.4, -0.2) is 37.5 Å². The standard InChI is InChI=1S/C18H22N2O4/c1-23-16-6-5-14(12-17(16)24-2)7-9-19-18(22)8-11-20-10-3-4-15(20)13-21/h3-6,10,12-13H,7-9,11H2,1-2H3,(H,19,22). The van der Waals surface area contributed by atoms with Crippen LogP contribution in [0.15, 0.2) is 36.5 Å². The summed E-state index contributed by atoms with van der Waals surface area (Å²) in [6, 6.07) is 9.22. The normalized spacial score (nSPS) is 10.2. The molecule has 1 amide bonds. The highest BCUT2D eigenvalue weighted by atomic mass is 16.5. The largest absolute Gasteiger partial charge is 0.493 e. The van der Waals surface area contributed by atoms with Crippen LogP contribution in [-0.2, 0) is 17.8 Å². The predicted molar refractivity (Wildman–Crippen MR) is 90.7 cm³/mol. The van der Waals surface area contributed by atoms with E-state index in [9.17, 15) is 9.59 Å². The van der Waals surface area contributed by atoms with Crippen molar-refractivity contribution in [3.63, 3.8) is 0 Å². The zero-order chi connectivity index (χ0) is 17.4. The van der Waals surface area contributed by atoms with Gasteiger partial charge >= 0.3 is 0 Å². The molecule has 1 aromatic heterocycles. The highest BCUT2D eigenvalue weighted by molar-refractivity contribution is 5.76. The number of hydrogen-bond acceptors (Lipinski definition) is 4. The number of benzene rings is 1. The van der Waals surface area contributed by atoms with Crippen molar-refractivity contribution in [2.45, 2.75) is 19.4 Å². The van der Waals surface area contributed by atoms with Gasteiger partial charge in [0.1, 0.15) is 0 Å². The second kappa shape index (κ2) is 8.76. The van der Waals surface area contributed by atoms with Crippen LogP contribution in [0.3, 0.4) is 0 Å². The minimum atomic E-state index is -0.0407. The maximum atomic E-state index is 11.9. The number of aromatic nitrogens is 1. The third-order valence-electron chi connectivity index (χ3n) is 3.75. The van der Waals surface area contributed by atoms with E-state index in [2.05, 4.69) is 5.32 Å². The van der Waals surface area contributed by atoms with Crippen molar-refractivity contribution in [2.75, 3.05) is 20.8 Å². The lowest BCUT2D eigenvalue weighted by Gasteiger charge is -2.10. The lowest BCUT2D eigenvalue weighted by molar-refractivity contribution is -0.121. The van der Waals surface area contributed by atoms with E-state index >= 15 is 0 Å². The fraction of sp³-hybridized carbons (Fsp3) is 0.333. The zero-order valence-corrected chi connectivity index (χ0v) is 14.0. The van der Waals surface area contributed by atoms with Crippen molar-refractivity contribution in [1.82, 2.24) is 9.88 Å². The average molecular weight is 330 g/mol. The van der Waals surface area contributed by atoms with E-state index in [1.54, 1.807) is 37.1 Å². The van der Waals surface area contributed by atoms with Gasteiger partial charge in [0, 0.05) is 25.7 Å². The van der Waals surface area contributed by atoms with E-state index in [1.807, 2.05) is 18.2 Å². The van der Waals surface area contributed by atoms with Crippen LogP contribution in [0.1, 0.15) is 22.5 Å². The summed E-state index contributed by atoms with van der Waals surface area (Å²) in [4.78, 5) is 22.7. The van der Waals surface area contributed by atoms with Crippen molar-refractivity contribution in [3.05, 3.63) is 47.8 Å². The Morgan fingerprint density at radius 1 is 1.21 bits per heavy atom. The Kier molecular flexibility index (Phi) is 6.42. The first-order valence-electron chi connectivity index (χ1n) is 7.76. The molecule has 0 radical (unpaired) electrons. The lowest BCUT2D eigenvalue weighted by atomic mass is 10.1. The molecular weight excluding hydrogens is 308 g/mol. The molecule has 2 rings (SSSR count). The topological polar surface area (TPSA) is 69.6 Å². The third-order valence-corrected chi connectivity index (χ3v) is 3.75. The van der Waals surface area contributed by atoms with Crippen LogP contribution < -0.4 is 14.8 Å². The molecule has 24 heavy (non-hydrogen) atoms. The number of carbonyl (C=O) groups excluding carboxylic acids is 2. The summed E-state index contributed by atoms with van der Waals surface area (Å²) >= 11 is 0. The summed E-state index contributed by atoms with van der Waals surface area (Å²) in [6.07, 6.45) is 3.62. The summed E-state index contributed by atoms with van der Waals surface area (Å²) in [5.74, 6) is 1.32. The van der Waals surface area contributed by atoms with Crippen LogP contribution in [0.4, 0.5) is 0 Å². The number of nitrogens with zero attached hydrogens (tertiary/aromatic N) is 1. The molecule has 2 aromatic rings. The van der Waals surface area contributed by atoms with E-state index < -0.39 is 0 Å². The molecule has 0 aliphatic heterocycles. The predicted octanol–water partition coefficient (Wildman–Crippen LogP) is 2.07. The van der Waals surface area contributed by atoms with Gasteiger partial charge in [0.15, 0.2) is 17.8 Å². The van der Waals surface area contributed by atoms with Gasteiger partial charge in [0.25, 0.3) is 0 Å². The molecule has 6 heteroatoms. The Labute approximate surface area is 141 Å². The fourth-order valence-corrected chi connectivity index (χ4v) is 2.43. The van der Waals surface area contributed by atoms with Crippen LogP contribution in [0.25, 0.3) is 0 Å². The van der Waals surface area contributed by atoms with E-state index in [0.717, 1.165) is 11.8 Å². The molecule has 0 unspecified atom stereocenters. The smallest absolute Gasteiger partial charge is 0.221 e. The number of nitrogens with one attached hydrogen (secondary N) is 1. The Morgan fingerprint density at radius 2 is 2.00 bits per heavy atom. The molecule has 1 aromatic carbocycles. The quantitative estimate of drug-likeness (QED) is 0.715. The van der Waals surface area contributed by atoms with Crippen molar-refractivity contribution in [1.29, 1.82) is 0 Å². The van der Waals surface area contributed by atoms with E-state index in [0.29, 0.717) is 43.1 Å². The van der Waals surface area contributed by atoms with Crippen LogP contribution in [0.5, 0.6) is 11.5 Å². The van der Waals surface area contributed by atoms with Crippen LogP contribution in [0, 0.1) is 0 Å². The first kappa shape index (κ1) is 17.6. The van der Waals surface area contributed by atoms with Crippen molar-refractivity contribution in [3.8, 4) is 11.5 Å². The molecule has 0 saturated heterocycles. The van der Waals surface area contributed by atoms with E-state index in [4.69, 9.17) is 9.47 Å². The van der Waals surface area contributed by atoms with Gasteiger partial charge in [-0.1, -0.05) is 6.07 Å². The summed E-state index contributed by atoms with van der Waals surface area (Å²) in [7, 11) is 3.19. The molecular formula is C18H22N2O4. The summed E-state index contributed by atoms with van der Waals surface area (Å²) in [6.45, 7) is 1.03. The van der Waals surface area contributed by atoms with Gasteiger partial charge in [-0.2, -0.15) is 0 Å². The Bertz CT molecular complexity index is 694. The highest BCUT2D eigenvalue weighted by Crippen LogP contribution is 2.27. The van der Waals surface area contributed by atoms with Gasteiger partial charge in [0.05, 0.1) is 19.9 Å². The number of rotatable bonds is 9. The number of amides is 1. The highest BCUT2D eigenvalue weighted by Gasteiger charge is 2.06. The monoisotopic (exact) mass is 330 g/mol. The number of hydrogen-bond donors (Lipinski definition) is 1. The first-order chi connectivity index (χ1) is 11.7. The van der Waals surface area contributed by atoms with Gasteiger partial charge in [-0.15, -0.1) is 0 Å². The number of aryl methyl sites for hydroxylation is 1. The molecule has 1 heterocycles. The Morgan fingerprint density at radius 3 is 2.71 bits per heavy atom. The summed E-state index contributed by atoms with van der Waals surface area (Å²) in [5.41, 5.74) is 1.63. The minimum absolute atomic E-state index is 0.0407. The van der Waals surface area contributed by atoms with Gasteiger partial charge < -0.3 is 19.4 Å². The van der Waals surface area contributed by atoms with Crippen LogP contribution in [0.2, 0.25) is 0 Å². The van der Waals surface area contributed by atoms with E-state index in [1.165, 1.54) is 0 Å². The summed E-state index contributed by atoms with van der Waals surface area (Å²) < 4.78 is 12.2. The fourth-order valence-electron chi connectivity index (χ4n) is 2.43. The van der Waals surface area contributed by atoms with Gasteiger partial charge in [-0.25, -0.2) is 0 Å². The molecule has 0 atom stereocenters. The molecule has 0 saturated carbocycles. The lowest BCUT2D eigenvalue weighted by Crippen LogP contribution is -2.26. The molecule has 1 N–H and O–H groups in total. The molecule has 0 bridgehead atoms. The van der Waals surface area contributed by atoms with Crippen molar-refractivity contribution in [2.24, 2.45) is 0 Å². The summed E-state index contributed by atoms with van der Waals surface area (Å²) in [5, 5.41) is 2.88. The van der Waals surface area contributed by atoms with Gasteiger partial charge in [0.2, 0.25) is 5.91 Å². The number of methoxy groups -OCH3 is 2. The number of carbonyl (C=O) groups is 2. The van der Waals surface area contributed by atoms with Crippen molar-refractivity contribution < 1.29 is 19.1 Å². The first-order valence-corrected chi connectivity index (χ1v) is 7.76. The molecule has 0 spiro atoms. The second-order valence-electron chi connectivity index (χ2n) is 5.28. The maximum Gasteiger partial charge on any atom is 0.221 e. The van der Waals surface area contributed by atoms with Crippen molar-refractivity contribution >= 4 is 12.2 Å². The van der Waals surface area contributed by atoms with Gasteiger partial charge in [-0.3, -0.25) is 9.59 Å². The number of aldehydes is 1. The molecule has 6 nitrogen and oxygen atoms in total. The Balaban J connectivity index is 1.77. The zero-order valence-electron chi connectivity index (χ0n) is 14.0. The van der Waals surface area contributed by atoms with E-state index in [-0.39, 0.29) is 5.91 Å². The second-order valence-corrected chi connectivity index (χ2v) is 5.28.